The number of esters is 1. The van der Waals surface area contributed by atoms with Crippen LogP contribution >= 0.6 is 0 Å². The van der Waals surface area contributed by atoms with Crippen LogP contribution in [0.15, 0.2) is 12.1 Å². The van der Waals surface area contributed by atoms with E-state index in [1.54, 1.807) is 6.07 Å². The molecule has 12 heavy (non-hydrogen) atoms. The SMILES string of the molecule is COc1c[c]c[c]c1OC(C)=O. The van der Waals surface area contributed by atoms with Gasteiger partial charge in [0, 0.05) is 13.0 Å². The van der Waals surface area contributed by atoms with Crippen LogP contribution in [-0.4, -0.2) is 13.1 Å². The quantitative estimate of drug-likeness (QED) is 0.487. The summed E-state index contributed by atoms with van der Waals surface area (Å²) in [7, 11) is 1.49. The van der Waals surface area contributed by atoms with Gasteiger partial charge in [-0.15, -0.1) is 0 Å². The molecular formula is C9H8O3. The van der Waals surface area contributed by atoms with Crippen molar-refractivity contribution in [2.75, 3.05) is 7.11 Å². The number of hydrogen-bond acceptors (Lipinski definition) is 3. The highest BCUT2D eigenvalue weighted by atomic mass is 16.6. The molecule has 0 bridgehead atoms. The number of rotatable bonds is 2. The van der Waals surface area contributed by atoms with E-state index in [4.69, 9.17) is 9.47 Å². The largest absolute Gasteiger partial charge is 0.493 e. The number of carbonyl (C=O) groups is 1. The Balaban J connectivity index is 2.89. The summed E-state index contributed by atoms with van der Waals surface area (Å²) in [5, 5.41) is 0. The van der Waals surface area contributed by atoms with Crippen molar-refractivity contribution >= 4 is 5.97 Å². The van der Waals surface area contributed by atoms with Crippen LogP contribution in [0, 0.1) is 12.1 Å². The first kappa shape index (κ1) is 8.59. The maximum atomic E-state index is 10.6. The topological polar surface area (TPSA) is 35.5 Å². The molecule has 3 heteroatoms. The van der Waals surface area contributed by atoms with E-state index >= 15 is 0 Å². The van der Waals surface area contributed by atoms with Crippen LogP contribution < -0.4 is 9.47 Å². The fraction of sp³-hybridized carbons (Fsp3) is 0.222. The van der Waals surface area contributed by atoms with Crippen LogP contribution in [0.2, 0.25) is 0 Å². The second-order valence-corrected chi connectivity index (χ2v) is 2.09. The number of hydrogen-bond donors (Lipinski definition) is 0. The van der Waals surface area contributed by atoms with Crippen LogP contribution in [0.4, 0.5) is 0 Å². The molecule has 0 saturated heterocycles. The van der Waals surface area contributed by atoms with E-state index in [1.165, 1.54) is 20.1 Å². The van der Waals surface area contributed by atoms with Crippen molar-refractivity contribution in [3.05, 3.63) is 24.3 Å². The molecule has 0 heterocycles. The van der Waals surface area contributed by atoms with Gasteiger partial charge in [0.1, 0.15) is 0 Å². The molecule has 0 unspecified atom stereocenters. The Kier molecular flexibility index (Phi) is 2.69. The minimum atomic E-state index is -0.393. The van der Waals surface area contributed by atoms with Crippen LogP contribution in [0.5, 0.6) is 11.5 Å². The molecular weight excluding hydrogens is 156 g/mol. The first-order valence-electron chi connectivity index (χ1n) is 3.38. The Morgan fingerprint density at radius 2 is 2.33 bits per heavy atom. The number of carbonyl (C=O) groups excluding carboxylic acids is 1. The minimum Gasteiger partial charge on any atom is -0.493 e. The maximum absolute atomic E-state index is 10.6. The molecule has 0 aliphatic heterocycles. The third kappa shape index (κ3) is 1.99. The minimum absolute atomic E-state index is 0.295. The van der Waals surface area contributed by atoms with Crippen molar-refractivity contribution in [2.24, 2.45) is 0 Å². The Morgan fingerprint density at radius 3 is 2.92 bits per heavy atom. The van der Waals surface area contributed by atoms with Crippen molar-refractivity contribution in [3.8, 4) is 11.5 Å². The summed E-state index contributed by atoms with van der Waals surface area (Å²) in [6.07, 6.45) is 0. The lowest BCUT2D eigenvalue weighted by molar-refractivity contribution is -0.132. The second kappa shape index (κ2) is 3.76. The highest BCUT2D eigenvalue weighted by molar-refractivity contribution is 5.70. The zero-order valence-electron chi connectivity index (χ0n) is 6.88. The van der Waals surface area contributed by atoms with Crippen LogP contribution in [-0.2, 0) is 4.79 Å². The van der Waals surface area contributed by atoms with E-state index in [1.807, 2.05) is 0 Å². The summed E-state index contributed by atoms with van der Waals surface area (Å²) < 4.78 is 9.70. The van der Waals surface area contributed by atoms with Crippen LogP contribution in [0.3, 0.4) is 0 Å². The van der Waals surface area contributed by atoms with Crippen LogP contribution in [0.1, 0.15) is 6.92 Å². The van der Waals surface area contributed by atoms with E-state index in [-0.39, 0.29) is 0 Å². The summed E-state index contributed by atoms with van der Waals surface area (Å²) in [5.74, 6) is 0.354. The summed E-state index contributed by atoms with van der Waals surface area (Å²) in [6.45, 7) is 1.32. The third-order valence-corrected chi connectivity index (χ3v) is 1.19. The van der Waals surface area contributed by atoms with Crippen molar-refractivity contribution in [2.45, 2.75) is 6.92 Å². The zero-order chi connectivity index (χ0) is 8.97. The fourth-order valence-corrected chi connectivity index (χ4v) is 0.736. The van der Waals surface area contributed by atoms with Crippen molar-refractivity contribution in [1.82, 2.24) is 0 Å². The first-order valence-corrected chi connectivity index (χ1v) is 3.38. The molecule has 3 nitrogen and oxygen atoms in total. The van der Waals surface area contributed by atoms with Gasteiger partial charge in [-0.1, -0.05) is 0 Å². The number of benzene rings is 1. The lowest BCUT2D eigenvalue weighted by Crippen LogP contribution is -2.02. The summed E-state index contributed by atoms with van der Waals surface area (Å²) in [6, 6.07) is 8.56. The van der Waals surface area contributed by atoms with Gasteiger partial charge in [-0.3, -0.25) is 4.79 Å². The molecule has 1 aromatic rings. The van der Waals surface area contributed by atoms with Crippen molar-refractivity contribution in [3.63, 3.8) is 0 Å². The van der Waals surface area contributed by atoms with Gasteiger partial charge in [-0.2, -0.15) is 0 Å². The monoisotopic (exact) mass is 164 g/mol. The molecule has 0 atom stereocenters. The molecule has 0 aromatic heterocycles. The molecule has 62 valence electrons. The predicted octanol–water partition coefficient (Wildman–Crippen LogP) is 1.22. The van der Waals surface area contributed by atoms with Gasteiger partial charge in [0.15, 0.2) is 11.5 Å². The Hall–Kier alpha value is -1.51. The molecule has 2 radical (unpaired) electrons. The van der Waals surface area contributed by atoms with E-state index in [0.29, 0.717) is 11.5 Å². The van der Waals surface area contributed by atoms with Crippen molar-refractivity contribution in [1.29, 1.82) is 0 Å². The van der Waals surface area contributed by atoms with E-state index in [0.717, 1.165) is 0 Å². The van der Waals surface area contributed by atoms with Gasteiger partial charge in [-0.05, 0) is 18.2 Å². The third-order valence-electron chi connectivity index (χ3n) is 1.19. The highest BCUT2D eigenvalue weighted by Gasteiger charge is 2.04. The summed E-state index contributed by atoms with van der Waals surface area (Å²) >= 11 is 0. The van der Waals surface area contributed by atoms with Gasteiger partial charge in [0.25, 0.3) is 0 Å². The van der Waals surface area contributed by atoms with Gasteiger partial charge in [-0.25, -0.2) is 0 Å². The standard InChI is InChI=1S/C9H8O3/c1-7(10)12-9-6-4-3-5-8(9)11-2/h4-5H,1-2H3. The summed E-state index contributed by atoms with van der Waals surface area (Å²) in [4.78, 5) is 10.6. The molecule has 0 fully saturated rings. The first-order chi connectivity index (χ1) is 5.74. The lowest BCUT2D eigenvalue weighted by atomic mass is 10.3. The smallest absolute Gasteiger partial charge is 0.308 e. The molecule has 1 rings (SSSR count). The van der Waals surface area contributed by atoms with Gasteiger partial charge < -0.3 is 9.47 Å². The number of ether oxygens (including phenoxy) is 2. The molecule has 0 aliphatic carbocycles. The lowest BCUT2D eigenvalue weighted by Gasteiger charge is -2.05. The molecule has 1 aromatic carbocycles. The van der Waals surface area contributed by atoms with E-state index < -0.39 is 5.97 Å². The Morgan fingerprint density at radius 1 is 1.58 bits per heavy atom. The molecule has 0 aliphatic rings. The predicted molar refractivity (Wildman–Crippen MR) is 42.0 cm³/mol. The fourth-order valence-electron chi connectivity index (χ4n) is 0.736. The average molecular weight is 164 g/mol. The maximum Gasteiger partial charge on any atom is 0.308 e. The molecule has 0 N–H and O–H groups in total. The molecule has 0 amide bonds. The second-order valence-electron chi connectivity index (χ2n) is 2.09. The Labute approximate surface area is 70.9 Å². The number of methoxy groups -OCH3 is 1. The van der Waals surface area contributed by atoms with E-state index in [2.05, 4.69) is 12.1 Å². The molecule has 0 spiro atoms. The average Bonchev–Trinajstić information content (AvgIpc) is 2.04. The van der Waals surface area contributed by atoms with Gasteiger partial charge >= 0.3 is 5.97 Å². The van der Waals surface area contributed by atoms with Crippen LogP contribution in [0.25, 0.3) is 0 Å². The summed E-state index contributed by atoms with van der Waals surface area (Å²) in [5.41, 5.74) is 0. The Bertz CT molecular complexity index is 281. The van der Waals surface area contributed by atoms with Crippen molar-refractivity contribution < 1.29 is 14.3 Å². The highest BCUT2D eigenvalue weighted by Crippen LogP contribution is 2.24. The molecule has 0 saturated carbocycles. The normalized spacial score (nSPS) is 9.17. The van der Waals surface area contributed by atoms with Gasteiger partial charge in [0.05, 0.1) is 7.11 Å². The van der Waals surface area contributed by atoms with E-state index in [9.17, 15) is 4.79 Å². The van der Waals surface area contributed by atoms with Gasteiger partial charge in [0.2, 0.25) is 0 Å². The zero-order valence-corrected chi connectivity index (χ0v) is 6.88.